The lowest BCUT2D eigenvalue weighted by Gasteiger charge is -2.17. The molecular formula is C22H32N4O2S. The number of amides is 2. The molecule has 1 aliphatic carbocycles. The summed E-state index contributed by atoms with van der Waals surface area (Å²) in [6.45, 7) is 6.26. The molecule has 0 aromatic heterocycles. The number of guanidine groups is 1. The number of imide groups is 1. The zero-order valence-electron chi connectivity index (χ0n) is 17.4. The summed E-state index contributed by atoms with van der Waals surface area (Å²) in [5.74, 6) is 1.70. The molecule has 3 rings (SSSR count). The van der Waals surface area contributed by atoms with Gasteiger partial charge >= 0.3 is 0 Å². The van der Waals surface area contributed by atoms with Gasteiger partial charge in [0, 0.05) is 30.9 Å². The van der Waals surface area contributed by atoms with Crippen molar-refractivity contribution in [3.63, 3.8) is 0 Å². The number of unbranched alkanes of at least 4 members (excludes halogenated alkanes) is 1. The number of thioether (sulfide) groups is 1. The Morgan fingerprint density at radius 1 is 1.14 bits per heavy atom. The summed E-state index contributed by atoms with van der Waals surface area (Å²) < 4.78 is 0. The van der Waals surface area contributed by atoms with Crippen molar-refractivity contribution in [1.29, 1.82) is 0 Å². The number of nitrogens with one attached hydrogen (secondary N) is 2. The molecule has 7 heteroatoms. The highest BCUT2D eigenvalue weighted by molar-refractivity contribution is 7.99. The van der Waals surface area contributed by atoms with E-state index in [2.05, 4.69) is 41.2 Å². The quantitative estimate of drug-likeness (QED) is 0.280. The van der Waals surface area contributed by atoms with Crippen LogP contribution >= 0.6 is 11.8 Å². The normalized spacial score (nSPS) is 21.6. The number of benzene rings is 1. The average Bonchev–Trinajstić information content (AvgIpc) is 3.26. The van der Waals surface area contributed by atoms with Crippen LogP contribution in [0.15, 0.2) is 29.3 Å². The lowest BCUT2D eigenvalue weighted by atomic mass is 10.1. The van der Waals surface area contributed by atoms with E-state index in [1.165, 1.54) is 29.9 Å². The number of carbonyl (C=O) groups is 2. The number of hydrogen-bond donors (Lipinski definition) is 2. The van der Waals surface area contributed by atoms with E-state index in [0.29, 0.717) is 30.3 Å². The van der Waals surface area contributed by atoms with Crippen LogP contribution in [0.25, 0.3) is 0 Å². The summed E-state index contributed by atoms with van der Waals surface area (Å²) in [6, 6.07) is 7.53. The van der Waals surface area contributed by atoms with E-state index in [4.69, 9.17) is 0 Å². The monoisotopic (exact) mass is 416 g/mol. The zero-order chi connectivity index (χ0) is 20.6. The lowest BCUT2D eigenvalue weighted by Crippen LogP contribution is -2.42. The highest BCUT2D eigenvalue weighted by Gasteiger charge is 2.34. The minimum atomic E-state index is -0.176. The van der Waals surface area contributed by atoms with Crippen LogP contribution in [0.4, 0.5) is 0 Å². The Hall–Kier alpha value is -2.02. The van der Waals surface area contributed by atoms with E-state index < -0.39 is 0 Å². The maximum absolute atomic E-state index is 12.4. The molecule has 2 atom stereocenters. The molecule has 0 radical (unpaired) electrons. The van der Waals surface area contributed by atoms with Crippen LogP contribution in [0, 0.1) is 0 Å². The van der Waals surface area contributed by atoms with Gasteiger partial charge in [0.15, 0.2) is 5.96 Å². The lowest BCUT2D eigenvalue weighted by molar-refractivity contribution is 0.0652. The number of rotatable bonds is 9. The van der Waals surface area contributed by atoms with Gasteiger partial charge in [-0.05, 0) is 56.9 Å². The first kappa shape index (κ1) is 21.7. The molecule has 1 fully saturated rings. The van der Waals surface area contributed by atoms with Crippen molar-refractivity contribution in [2.45, 2.75) is 57.2 Å². The predicted octanol–water partition coefficient (Wildman–Crippen LogP) is 3.29. The second-order valence-electron chi connectivity index (χ2n) is 7.51. The SMILES string of the molecule is CCNC(=NCCCCN1C(=O)c2ccccc2C1=O)NC1CCC(SCC)C1. The Kier molecular flexibility index (Phi) is 7.98. The molecule has 1 aliphatic heterocycles. The first-order valence-electron chi connectivity index (χ1n) is 10.8. The largest absolute Gasteiger partial charge is 0.357 e. The van der Waals surface area contributed by atoms with Gasteiger partial charge in [-0.25, -0.2) is 0 Å². The Morgan fingerprint density at radius 2 is 1.86 bits per heavy atom. The minimum absolute atomic E-state index is 0.176. The van der Waals surface area contributed by atoms with Crippen LogP contribution in [-0.2, 0) is 0 Å². The maximum Gasteiger partial charge on any atom is 0.261 e. The van der Waals surface area contributed by atoms with E-state index in [1.807, 2.05) is 0 Å². The predicted molar refractivity (Wildman–Crippen MR) is 120 cm³/mol. The first-order valence-corrected chi connectivity index (χ1v) is 11.8. The maximum atomic E-state index is 12.4. The van der Waals surface area contributed by atoms with E-state index in [-0.39, 0.29) is 11.8 Å². The summed E-state index contributed by atoms with van der Waals surface area (Å²) in [5, 5.41) is 7.66. The molecule has 29 heavy (non-hydrogen) atoms. The van der Waals surface area contributed by atoms with E-state index in [9.17, 15) is 9.59 Å². The van der Waals surface area contributed by atoms with Crippen molar-refractivity contribution in [2.75, 3.05) is 25.4 Å². The van der Waals surface area contributed by atoms with E-state index in [1.54, 1.807) is 24.3 Å². The summed E-state index contributed by atoms with van der Waals surface area (Å²) >= 11 is 2.06. The third-order valence-electron chi connectivity index (χ3n) is 5.41. The smallest absolute Gasteiger partial charge is 0.261 e. The van der Waals surface area contributed by atoms with E-state index >= 15 is 0 Å². The van der Waals surface area contributed by atoms with Crippen LogP contribution < -0.4 is 10.6 Å². The fourth-order valence-corrected chi connectivity index (χ4v) is 5.13. The molecule has 6 nitrogen and oxygen atoms in total. The van der Waals surface area contributed by atoms with Crippen LogP contribution in [0.2, 0.25) is 0 Å². The molecular weight excluding hydrogens is 384 g/mol. The van der Waals surface area contributed by atoms with Crippen molar-refractivity contribution in [2.24, 2.45) is 4.99 Å². The van der Waals surface area contributed by atoms with Gasteiger partial charge in [-0.2, -0.15) is 11.8 Å². The second-order valence-corrected chi connectivity index (χ2v) is 9.08. The average molecular weight is 417 g/mol. The van der Waals surface area contributed by atoms with Gasteiger partial charge in [-0.15, -0.1) is 0 Å². The molecule has 0 spiro atoms. The molecule has 2 aliphatic rings. The van der Waals surface area contributed by atoms with E-state index in [0.717, 1.165) is 30.6 Å². The fraction of sp³-hybridized carbons (Fsp3) is 0.591. The highest BCUT2D eigenvalue weighted by atomic mass is 32.2. The van der Waals surface area contributed by atoms with Gasteiger partial charge in [-0.1, -0.05) is 19.1 Å². The topological polar surface area (TPSA) is 73.8 Å². The number of carbonyl (C=O) groups excluding carboxylic acids is 2. The van der Waals surface area contributed by atoms with Gasteiger partial charge < -0.3 is 10.6 Å². The van der Waals surface area contributed by atoms with Crippen LogP contribution in [0.5, 0.6) is 0 Å². The number of fused-ring (bicyclic) bond motifs is 1. The van der Waals surface area contributed by atoms with Crippen molar-refractivity contribution in [3.05, 3.63) is 35.4 Å². The molecule has 2 amide bonds. The summed E-state index contributed by atoms with van der Waals surface area (Å²) in [4.78, 5) is 30.8. The summed E-state index contributed by atoms with van der Waals surface area (Å²) in [5.41, 5.74) is 1.04. The van der Waals surface area contributed by atoms with Crippen molar-refractivity contribution in [3.8, 4) is 0 Å². The number of aliphatic imine (C=N–C) groups is 1. The first-order chi connectivity index (χ1) is 14.1. The zero-order valence-corrected chi connectivity index (χ0v) is 18.3. The van der Waals surface area contributed by atoms with Crippen molar-refractivity contribution in [1.82, 2.24) is 15.5 Å². The molecule has 1 aromatic carbocycles. The fourth-order valence-electron chi connectivity index (χ4n) is 3.99. The Bertz CT molecular complexity index is 717. The number of nitrogens with zero attached hydrogens (tertiary/aromatic N) is 2. The van der Waals surface area contributed by atoms with Crippen molar-refractivity contribution >= 4 is 29.5 Å². The van der Waals surface area contributed by atoms with Gasteiger partial charge in [0.25, 0.3) is 11.8 Å². The summed E-state index contributed by atoms with van der Waals surface area (Å²) in [6.07, 6.45) is 5.26. The van der Waals surface area contributed by atoms with Crippen LogP contribution in [0.1, 0.15) is 66.7 Å². The molecule has 158 valence electrons. The van der Waals surface area contributed by atoms with Crippen LogP contribution in [-0.4, -0.2) is 59.4 Å². The molecule has 1 aromatic rings. The molecule has 1 heterocycles. The third kappa shape index (κ3) is 5.53. The second kappa shape index (κ2) is 10.7. The van der Waals surface area contributed by atoms with Gasteiger partial charge in [-0.3, -0.25) is 19.5 Å². The summed E-state index contributed by atoms with van der Waals surface area (Å²) in [7, 11) is 0. The van der Waals surface area contributed by atoms with Gasteiger partial charge in [0.2, 0.25) is 0 Å². The van der Waals surface area contributed by atoms with Gasteiger partial charge in [0.05, 0.1) is 11.1 Å². The number of hydrogen-bond acceptors (Lipinski definition) is 4. The Morgan fingerprint density at radius 3 is 2.52 bits per heavy atom. The Labute approximate surface area is 177 Å². The Balaban J connectivity index is 1.42. The molecule has 2 unspecified atom stereocenters. The highest BCUT2D eigenvalue weighted by Crippen LogP contribution is 2.29. The minimum Gasteiger partial charge on any atom is -0.357 e. The van der Waals surface area contributed by atoms with Gasteiger partial charge in [0.1, 0.15) is 0 Å². The molecule has 0 saturated heterocycles. The third-order valence-corrected chi connectivity index (χ3v) is 6.64. The molecule has 1 saturated carbocycles. The van der Waals surface area contributed by atoms with Crippen LogP contribution in [0.3, 0.4) is 0 Å². The van der Waals surface area contributed by atoms with Crippen molar-refractivity contribution < 1.29 is 9.59 Å². The molecule has 0 bridgehead atoms. The molecule has 2 N–H and O–H groups in total. The standard InChI is InChI=1S/C22H32N4O2S/c1-3-23-22(25-16-11-12-17(15-16)29-4-2)24-13-7-8-14-26-20(27)18-9-5-6-10-19(18)21(26)28/h5-6,9-10,16-17H,3-4,7-8,11-15H2,1-2H3,(H2,23,24,25).